The van der Waals surface area contributed by atoms with Crippen LogP contribution in [0.5, 0.6) is 5.75 Å². The van der Waals surface area contributed by atoms with Gasteiger partial charge in [-0.05, 0) is 49.4 Å². The first-order valence-electron chi connectivity index (χ1n) is 9.73. The molecule has 4 rings (SSSR count). The van der Waals surface area contributed by atoms with E-state index >= 15 is 0 Å². The summed E-state index contributed by atoms with van der Waals surface area (Å²) in [4.78, 5) is 2.57. The predicted octanol–water partition coefficient (Wildman–Crippen LogP) is 3.97. The van der Waals surface area contributed by atoms with Crippen molar-refractivity contribution in [1.82, 2.24) is 4.90 Å². The van der Waals surface area contributed by atoms with Gasteiger partial charge in [0.1, 0.15) is 5.75 Å². The van der Waals surface area contributed by atoms with Crippen molar-refractivity contribution in [1.29, 1.82) is 5.26 Å². The first kappa shape index (κ1) is 18.0. The molecular formula is C23H26N2O2. The van der Waals surface area contributed by atoms with Crippen LogP contribution in [0.4, 0.5) is 0 Å². The Labute approximate surface area is 161 Å². The smallest absolute Gasteiger partial charge is 0.119 e. The van der Waals surface area contributed by atoms with Crippen molar-refractivity contribution >= 4 is 0 Å². The number of ether oxygens (including phenoxy) is 1. The van der Waals surface area contributed by atoms with Gasteiger partial charge in [0.05, 0.1) is 24.3 Å². The van der Waals surface area contributed by atoms with Crippen LogP contribution in [0.2, 0.25) is 0 Å². The first-order chi connectivity index (χ1) is 13.1. The zero-order valence-corrected chi connectivity index (χ0v) is 15.8. The van der Waals surface area contributed by atoms with Crippen molar-refractivity contribution in [3.05, 3.63) is 65.2 Å². The average molecular weight is 362 g/mol. The summed E-state index contributed by atoms with van der Waals surface area (Å²) in [5.41, 5.74) is 1.62. The van der Waals surface area contributed by atoms with Crippen molar-refractivity contribution in [3.63, 3.8) is 0 Å². The van der Waals surface area contributed by atoms with Crippen LogP contribution < -0.4 is 4.74 Å². The molecule has 27 heavy (non-hydrogen) atoms. The Hall–Kier alpha value is -2.35. The summed E-state index contributed by atoms with van der Waals surface area (Å²) in [5.74, 6) is 0.689. The lowest BCUT2D eigenvalue weighted by molar-refractivity contribution is -0.100. The summed E-state index contributed by atoms with van der Waals surface area (Å²) in [6.45, 7) is 0.926. The molecule has 2 aromatic rings. The van der Waals surface area contributed by atoms with E-state index in [1.54, 1.807) is 19.2 Å². The van der Waals surface area contributed by atoms with E-state index in [4.69, 9.17) is 4.74 Å². The summed E-state index contributed by atoms with van der Waals surface area (Å²) < 4.78 is 5.35. The SMILES string of the molecule is COc1ccc(C#N)c(C2(O)CC3CCCC(C2)N3Cc2ccccc2)c1. The second-order valence-corrected chi connectivity index (χ2v) is 7.86. The lowest BCUT2D eigenvalue weighted by atomic mass is 9.71. The molecule has 2 aliphatic heterocycles. The Bertz CT molecular complexity index is 829. The van der Waals surface area contributed by atoms with Crippen LogP contribution in [0.3, 0.4) is 0 Å². The van der Waals surface area contributed by atoms with Gasteiger partial charge in [-0.15, -0.1) is 0 Å². The van der Waals surface area contributed by atoms with Gasteiger partial charge in [0.25, 0.3) is 0 Å². The Morgan fingerprint density at radius 1 is 1.15 bits per heavy atom. The van der Waals surface area contributed by atoms with Crippen LogP contribution in [-0.4, -0.2) is 29.2 Å². The number of hydrogen-bond donors (Lipinski definition) is 1. The fourth-order valence-corrected chi connectivity index (χ4v) is 4.93. The fraction of sp³-hybridized carbons (Fsp3) is 0.435. The molecule has 0 radical (unpaired) electrons. The van der Waals surface area contributed by atoms with Crippen LogP contribution in [0.1, 0.15) is 48.8 Å². The molecule has 0 aromatic heterocycles. The van der Waals surface area contributed by atoms with Gasteiger partial charge in [0, 0.05) is 24.2 Å². The minimum absolute atomic E-state index is 0.334. The van der Waals surface area contributed by atoms with Gasteiger partial charge in [0.2, 0.25) is 0 Å². The normalized spacial score (nSPS) is 27.7. The highest BCUT2D eigenvalue weighted by Crippen LogP contribution is 2.46. The van der Waals surface area contributed by atoms with E-state index in [9.17, 15) is 10.4 Å². The molecule has 2 bridgehead atoms. The number of benzene rings is 2. The topological polar surface area (TPSA) is 56.5 Å². The lowest BCUT2D eigenvalue weighted by Crippen LogP contribution is -2.56. The highest BCUT2D eigenvalue weighted by Gasteiger charge is 2.47. The summed E-state index contributed by atoms with van der Waals surface area (Å²) >= 11 is 0. The minimum Gasteiger partial charge on any atom is -0.497 e. The van der Waals surface area contributed by atoms with E-state index in [1.807, 2.05) is 12.1 Å². The second kappa shape index (κ2) is 7.34. The van der Waals surface area contributed by atoms with Crippen molar-refractivity contribution in [2.24, 2.45) is 0 Å². The summed E-state index contributed by atoms with van der Waals surface area (Å²) in [7, 11) is 1.62. The van der Waals surface area contributed by atoms with E-state index in [0.29, 0.717) is 36.2 Å². The molecule has 0 saturated carbocycles. The van der Waals surface area contributed by atoms with E-state index in [-0.39, 0.29) is 0 Å². The average Bonchev–Trinajstić information content (AvgIpc) is 2.69. The van der Waals surface area contributed by atoms with E-state index in [0.717, 1.165) is 24.9 Å². The first-order valence-corrected chi connectivity index (χ1v) is 9.73. The maximum atomic E-state index is 11.6. The molecule has 140 valence electrons. The Kier molecular flexibility index (Phi) is 4.90. The van der Waals surface area contributed by atoms with Crippen LogP contribution in [-0.2, 0) is 12.1 Å². The molecule has 1 N–H and O–H groups in total. The van der Waals surface area contributed by atoms with Gasteiger partial charge < -0.3 is 9.84 Å². The van der Waals surface area contributed by atoms with E-state index < -0.39 is 5.60 Å². The highest BCUT2D eigenvalue weighted by molar-refractivity contribution is 5.46. The molecule has 0 aliphatic carbocycles. The van der Waals surface area contributed by atoms with Crippen LogP contribution in [0.15, 0.2) is 48.5 Å². The van der Waals surface area contributed by atoms with Gasteiger partial charge in [-0.2, -0.15) is 5.26 Å². The predicted molar refractivity (Wildman–Crippen MR) is 104 cm³/mol. The highest BCUT2D eigenvalue weighted by atomic mass is 16.5. The van der Waals surface area contributed by atoms with Gasteiger partial charge in [-0.1, -0.05) is 36.8 Å². The third-order valence-corrected chi connectivity index (χ3v) is 6.22. The van der Waals surface area contributed by atoms with Gasteiger partial charge in [-0.25, -0.2) is 0 Å². The number of hydrogen-bond acceptors (Lipinski definition) is 4. The Balaban J connectivity index is 1.64. The number of aliphatic hydroxyl groups is 1. The number of nitrogens with zero attached hydrogens (tertiary/aromatic N) is 2. The molecule has 2 unspecified atom stereocenters. The van der Waals surface area contributed by atoms with Crippen molar-refractivity contribution in [2.45, 2.75) is 56.3 Å². The van der Waals surface area contributed by atoms with Crippen LogP contribution in [0.25, 0.3) is 0 Å². The summed E-state index contributed by atoms with van der Waals surface area (Å²) in [6, 6.07) is 18.9. The van der Waals surface area contributed by atoms with Crippen molar-refractivity contribution in [2.75, 3.05) is 7.11 Å². The Morgan fingerprint density at radius 2 is 1.85 bits per heavy atom. The number of rotatable bonds is 4. The second-order valence-electron chi connectivity index (χ2n) is 7.86. The van der Waals surface area contributed by atoms with Crippen LogP contribution >= 0.6 is 0 Å². The minimum atomic E-state index is -0.970. The standard InChI is InChI=1S/C23H26N2O2/c1-27-21-11-10-18(15-24)22(12-21)23(26)13-19-8-5-9-20(14-23)25(19)16-17-6-3-2-4-7-17/h2-4,6-7,10-12,19-20,26H,5,8-9,13-14,16H2,1H3. The van der Waals surface area contributed by atoms with Crippen LogP contribution in [0, 0.1) is 11.3 Å². The number of methoxy groups -OCH3 is 1. The largest absolute Gasteiger partial charge is 0.497 e. The van der Waals surface area contributed by atoms with Gasteiger partial charge in [-0.3, -0.25) is 4.90 Å². The quantitative estimate of drug-likeness (QED) is 0.894. The molecular weight excluding hydrogens is 336 g/mol. The number of nitriles is 1. The van der Waals surface area contributed by atoms with E-state index in [1.165, 1.54) is 12.0 Å². The maximum absolute atomic E-state index is 11.6. The van der Waals surface area contributed by atoms with Crippen molar-refractivity contribution < 1.29 is 9.84 Å². The molecule has 0 spiro atoms. The molecule has 0 amide bonds. The molecule has 2 aliphatic rings. The maximum Gasteiger partial charge on any atom is 0.119 e. The van der Waals surface area contributed by atoms with E-state index in [2.05, 4.69) is 35.2 Å². The molecule has 2 heterocycles. The lowest BCUT2D eigenvalue weighted by Gasteiger charge is -2.52. The molecule has 2 fully saturated rings. The monoisotopic (exact) mass is 362 g/mol. The third kappa shape index (κ3) is 3.45. The summed E-state index contributed by atoms with van der Waals surface area (Å²) in [6.07, 6.45) is 4.73. The van der Waals surface area contributed by atoms with Gasteiger partial charge >= 0.3 is 0 Å². The number of fused-ring (bicyclic) bond motifs is 2. The fourth-order valence-electron chi connectivity index (χ4n) is 4.93. The Morgan fingerprint density at radius 3 is 2.48 bits per heavy atom. The number of piperidine rings is 2. The van der Waals surface area contributed by atoms with Crippen molar-refractivity contribution in [3.8, 4) is 11.8 Å². The molecule has 4 heteroatoms. The summed E-state index contributed by atoms with van der Waals surface area (Å²) in [5, 5.41) is 21.2. The molecule has 2 atom stereocenters. The third-order valence-electron chi connectivity index (χ3n) is 6.22. The molecule has 4 nitrogen and oxygen atoms in total. The molecule has 2 aromatic carbocycles. The zero-order chi connectivity index (χ0) is 18.9. The molecule has 2 saturated heterocycles. The van der Waals surface area contributed by atoms with Gasteiger partial charge in [0.15, 0.2) is 0 Å². The zero-order valence-electron chi connectivity index (χ0n) is 15.8.